The molecule has 0 radical (unpaired) electrons. The van der Waals surface area contributed by atoms with Crippen LogP contribution in [-0.2, 0) is 16.4 Å². The molecule has 3 aromatic rings. The van der Waals surface area contributed by atoms with Crippen LogP contribution in [0.3, 0.4) is 0 Å². The third kappa shape index (κ3) is 4.55. The van der Waals surface area contributed by atoms with Crippen LogP contribution in [0.5, 0.6) is 5.75 Å². The van der Waals surface area contributed by atoms with Gasteiger partial charge < -0.3 is 15.4 Å². The van der Waals surface area contributed by atoms with Crippen LogP contribution >= 0.6 is 0 Å². The lowest BCUT2D eigenvalue weighted by Crippen LogP contribution is -2.29. The Morgan fingerprint density at radius 3 is 2.31 bits per heavy atom. The number of sulfonamides is 1. The van der Waals surface area contributed by atoms with Gasteiger partial charge in [0.05, 0.1) is 17.2 Å². The molecule has 0 aromatic heterocycles. The quantitative estimate of drug-likeness (QED) is 0.564. The van der Waals surface area contributed by atoms with Gasteiger partial charge in [-0.3, -0.25) is 4.31 Å². The number of aryl methyl sites for hydroxylation is 1. The molecule has 166 valence electrons. The topological polar surface area (TPSA) is 87.7 Å². The van der Waals surface area contributed by atoms with E-state index in [9.17, 15) is 13.2 Å². The predicted octanol–water partition coefficient (Wildman–Crippen LogP) is 4.79. The van der Waals surface area contributed by atoms with Crippen molar-refractivity contribution in [1.29, 1.82) is 0 Å². The van der Waals surface area contributed by atoms with E-state index < -0.39 is 16.1 Å². The normalized spacial score (nSPS) is 12.9. The minimum atomic E-state index is -3.68. The Balaban J connectivity index is 1.49. The Morgan fingerprint density at radius 2 is 1.62 bits per heavy atom. The molecule has 0 fully saturated rings. The Hall–Kier alpha value is -3.52. The molecule has 2 amide bonds. The highest BCUT2D eigenvalue weighted by molar-refractivity contribution is 7.92. The van der Waals surface area contributed by atoms with E-state index in [1.807, 2.05) is 19.9 Å². The molecular weight excluding hydrogens is 426 g/mol. The van der Waals surface area contributed by atoms with E-state index in [-0.39, 0.29) is 4.90 Å². The zero-order valence-corrected chi connectivity index (χ0v) is 18.8. The van der Waals surface area contributed by atoms with Crippen molar-refractivity contribution >= 4 is 33.1 Å². The van der Waals surface area contributed by atoms with Crippen molar-refractivity contribution < 1.29 is 17.9 Å². The molecule has 4 rings (SSSR count). The number of amides is 2. The zero-order chi connectivity index (χ0) is 22.7. The summed E-state index contributed by atoms with van der Waals surface area (Å²) < 4.78 is 33.1. The molecule has 32 heavy (non-hydrogen) atoms. The van der Waals surface area contributed by atoms with Gasteiger partial charge in [0, 0.05) is 17.9 Å². The number of anilines is 3. The molecule has 0 bridgehead atoms. The van der Waals surface area contributed by atoms with Crippen LogP contribution in [-0.4, -0.2) is 27.6 Å². The Bertz CT molecular complexity index is 1220. The number of fused-ring (bicyclic) bond motifs is 1. The van der Waals surface area contributed by atoms with Gasteiger partial charge in [0.2, 0.25) is 0 Å². The van der Waals surface area contributed by atoms with Crippen LogP contribution in [0.1, 0.15) is 18.1 Å². The van der Waals surface area contributed by atoms with Gasteiger partial charge in [-0.25, -0.2) is 13.2 Å². The van der Waals surface area contributed by atoms with E-state index in [0.29, 0.717) is 36.6 Å². The molecule has 0 unspecified atom stereocenters. The Labute approximate surface area is 188 Å². The summed E-state index contributed by atoms with van der Waals surface area (Å²) >= 11 is 0. The minimum Gasteiger partial charge on any atom is -0.494 e. The van der Waals surface area contributed by atoms with Crippen molar-refractivity contribution in [2.24, 2.45) is 0 Å². The number of nitrogens with one attached hydrogen (secondary N) is 2. The monoisotopic (exact) mass is 451 g/mol. The third-order valence-electron chi connectivity index (χ3n) is 5.23. The standard InChI is InChI=1S/C24H25N3O4S/c1-3-31-21-10-8-19(9-11-21)25-24(28)26-20-7-6-18-14-15-27(23(18)16-20)32(29,30)22-12-4-17(2)5-13-22/h4-13,16H,3,14-15H2,1-2H3,(H2,25,26,28). The number of rotatable bonds is 6. The predicted molar refractivity (Wildman–Crippen MR) is 126 cm³/mol. The van der Waals surface area contributed by atoms with Crippen LogP contribution in [0.15, 0.2) is 71.6 Å². The van der Waals surface area contributed by atoms with E-state index >= 15 is 0 Å². The fraction of sp³-hybridized carbons (Fsp3) is 0.208. The molecule has 8 heteroatoms. The number of benzene rings is 3. The van der Waals surface area contributed by atoms with E-state index in [0.717, 1.165) is 16.9 Å². The fourth-order valence-electron chi connectivity index (χ4n) is 3.61. The summed E-state index contributed by atoms with van der Waals surface area (Å²) in [4.78, 5) is 12.7. The number of carbonyl (C=O) groups is 1. The summed E-state index contributed by atoms with van der Waals surface area (Å²) in [6.07, 6.45) is 0.624. The Morgan fingerprint density at radius 1 is 0.969 bits per heavy atom. The van der Waals surface area contributed by atoms with E-state index in [1.165, 1.54) is 4.31 Å². The van der Waals surface area contributed by atoms with Crippen LogP contribution in [0, 0.1) is 6.92 Å². The van der Waals surface area contributed by atoms with Gasteiger partial charge in [-0.05, 0) is 74.4 Å². The smallest absolute Gasteiger partial charge is 0.323 e. The van der Waals surface area contributed by atoms with Crippen LogP contribution in [0.2, 0.25) is 0 Å². The van der Waals surface area contributed by atoms with Crippen molar-refractivity contribution in [2.45, 2.75) is 25.2 Å². The van der Waals surface area contributed by atoms with Crippen molar-refractivity contribution in [3.63, 3.8) is 0 Å². The van der Waals surface area contributed by atoms with E-state index in [2.05, 4.69) is 10.6 Å². The summed E-state index contributed by atoms with van der Waals surface area (Å²) in [5, 5.41) is 5.54. The first kappa shape index (κ1) is 21.7. The fourth-order valence-corrected chi connectivity index (χ4v) is 5.10. The summed E-state index contributed by atoms with van der Waals surface area (Å²) in [5.41, 5.74) is 3.65. The summed E-state index contributed by atoms with van der Waals surface area (Å²) in [6.45, 7) is 4.76. The zero-order valence-electron chi connectivity index (χ0n) is 18.0. The molecular formula is C24H25N3O4S. The van der Waals surface area contributed by atoms with Gasteiger partial charge in [-0.2, -0.15) is 0 Å². The van der Waals surface area contributed by atoms with Gasteiger partial charge in [0.25, 0.3) is 10.0 Å². The van der Waals surface area contributed by atoms with Crippen molar-refractivity contribution in [3.05, 3.63) is 77.9 Å². The number of carbonyl (C=O) groups excluding carboxylic acids is 1. The van der Waals surface area contributed by atoms with Gasteiger partial charge in [-0.1, -0.05) is 23.8 Å². The first-order valence-electron chi connectivity index (χ1n) is 10.4. The molecule has 3 aromatic carbocycles. The number of hydrogen-bond acceptors (Lipinski definition) is 4. The van der Waals surface area contributed by atoms with Crippen LogP contribution in [0.25, 0.3) is 0 Å². The SMILES string of the molecule is CCOc1ccc(NC(=O)Nc2ccc3c(c2)N(S(=O)(=O)c2ccc(C)cc2)CC3)cc1. The molecule has 0 atom stereocenters. The van der Waals surface area contributed by atoms with Crippen molar-refractivity contribution in [3.8, 4) is 5.75 Å². The molecule has 0 spiro atoms. The average molecular weight is 452 g/mol. The molecule has 1 aliphatic rings. The van der Waals surface area contributed by atoms with Gasteiger partial charge in [-0.15, -0.1) is 0 Å². The van der Waals surface area contributed by atoms with Gasteiger partial charge >= 0.3 is 6.03 Å². The maximum atomic E-state index is 13.2. The summed E-state index contributed by atoms with van der Waals surface area (Å²) in [5.74, 6) is 0.729. The maximum absolute atomic E-state index is 13.2. The second kappa shape index (κ2) is 8.92. The lowest BCUT2D eigenvalue weighted by molar-refractivity contribution is 0.262. The molecule has 0 saturated carbocycles. The van der Waals surface area contributed by atoms with Gasteiger partial charge in [0.15, 0.2) is 0 Å². The van der Waals surface area contributed by atoms with E-state index in [4.69, 9.17) is 4.74 Å². The average Bonchev–Trinajstić information content (AvgIpc) is 3.20. The summed E-state index contributed by atoms with van der Waals surface area (Å²) in [7, 11) is -3.68. The third-order valence-corrected chi connectivity index (χ3v) is 7.06. The first-order valence-corrected chi connectivity index (χ1v) is 11.8. The highest BCUT2D eigenvalue weighted by Crippen LogP contribution is 2.35. The van der Waals surface area contributed by atoms with Crippen LogP contribution in [0.4, 0.5) is 21.9 Å². The number of ether oxygens (including phenoxy) is 1. The molecule has 1 aliphatic heterocycles. The lowest BCUT2D eigenvalue weighted by Gasteiger charge is -2.20. The number of nitrogens with zero attached hydrogens (tertiary/aromatic N) is 1. The molecule has 0 saturated heterocycles. The second-order valence-electron chi connectivity index (χ2n) is 7.52. The van der Waals surface area contributed by atoms with Crippen molar-refractivity contribution in [2.75, 3.05) is 28.1 Å². The highest BCUT2D eigenvalue weighted by Gasteiger charge is 2.31. The molecule has 1 heterocycles. The Kier molecular flexibility index (Phi) is 6.05. The molecule has 0 aliphatic carbocycles. The highest BCUT2D eigenvalue weighted by atomic mass is 32.2. The summed E-state index contributed by atoms with van der Waals surface area (Å²) in [6, 6.07) is 18.8. The largest absolute Gasteiger partial charge is 0.494 e. The minimum absolute atomic E-state index is 0.252. The van der Waals surface area contributed by atoms with E-state index in [1.54, 1.807) is 60.7 Å². The molecule has 2 N–H and O–H groups in total. The second-order valence-corrected chi connectivity index (χ2v) is 9.38. The van der Waals surface area contributed by atoms with Crippen molar-refractivity contribution in [1.82, 2.24) is 0 Å². The maximum Gasteiger partial charge on any atom is 0.323 e. The first-order chi connectivity index (χ1) is 15.4. The lowest BCUT2D eigenvalue weighted by atomic mass is 10.1. The molecule has 7 nitrogen and oxygen atoms in total. The number of hydrogen-bond donors (Lipinski definition) is 2. The van der Waals surface area contributed by atoms with Gasteiger partial charge in [0.1, 0.15) is 5.75 Å². The number of urea groups is 1. The van der Waals surface area contributed by atoms with Crippen LogP contribution < -0.4 is 19.7 Å².